The second-order valence-corrected chi connectivity index (χ2v) is 3.51. The van der Waals surface area contributed by atoms with E-state index in [1.54, 1.807) is 0 Å². The molecule has 0 unspecified atom stereocenters. The minimum Gasteiger partial charge on any atom is -0.382 e. The Labute approximate surface area is 85.2 Å². The van der Waals surface area contributed by atoms with Gasteiger partial charge in [0.2, 0.25) is 0 Å². The highest BCUT2D eigenvalue weighted by Gasteiger charge is 2.13. The molecule has 14 heavy (non-hydrogen) atoms. The Balaban J connectivity index is 2.17. The number of benzene rings is 1. The average molecular weight is 188 g/mol. The van der Waals surface area contributed by atoms with Gasteiger partial charge in [0.05, 0.1) is 11.4 Å². The van der Waals surface area contributed by atoms with Crippen molar-refractivity contribution in [1.29, 1.82) is 0 Å². The number of anilines is 2. The molecule has 1 aliphatic heterocycles. The van der Waals surface area contributed by atoms with Crippen LogP contribution >= 0.6 is 0 Å². The minimum absolute atomic E-state index is 1.04. The van der Waals surface area contributed by atoms with E-state index in [0.29, 0.717) is 0 Å². The van der Waals surface area contributed by atoms with Crippen LogP contribution in [0.15, 0.2) is 36.9 Å². The van der Waals surface area contributed by atoms with E-state index >= 15 is 0 Å². The summed E-state index contributed by atoms with van der Waals surface area (Å²) in [5, 5.41) is 3.40. The molecular weight excluding hydrogens is 172 g/mol. The fourth-order valence-electron chi connectivity index (χ4n) is 1.82. The first-order chi connectivity index (χ1) is 6.92. The van der Waals surface area contributed by atoms with E-state index in [1.807, 2.05) is 6.08 Å². The van der Waals surface area contributed by atoms with Crippen molar-refractivity contribution in [2.75, 3.05) is 29.9 Å². The number of nitrogens with zero attached hydrogens (tertiary/aromatic N) is 1. The molecule has 0 saturated heterocycles. The van der Waals surface area contributed by atoms with E-state index < -0.39 is 0 Å². The highest BCUT2D eigenvalue weighted by Crippen LogP contribution is 2.28. The lowest BCUT2D eigenvalue weighted by Gasteiger charge is -2.31. The molecular formula is C12H16N2. The van der Waals surface area contributed by atoms with E-state index in [9.17, 15) is 0 Å². The van der Waals surface area contributed by atoms with Crippen molar-refractivity contribution < 1.29 is 0 Å². The lowest BCUT2D eigenvalue weighted by Crippen LogP contribution is -2.34. The predicted molar refractivity (Wildman–Crippen MR) is 62.0 cm³/mol. The Hall–Kier alpha value is -1.44. The van der Waals surface area contributed by atoms with E-state index in [-0.39, 0.29) is 0 Å². The zero-order chi connectivity index (χ0) is 9.80. The van der Waals surface area contributed by atoms with Crippen LogP contribution in [0.2, 0.25) is 0 Å². The van der Waals surface area contributed by atoms with Crippen LogP contribution in [-0.4, -0.2) is 19.6 Å². The number of rotatable bonds is 3. The largest absolute Gasteiger partial charge is 0.382 e. The van der Waals surface area contributed by atoms with Gasteiger partial charge in [0, 0.05) is 19.6 Å². The molecule has 1 aromatic rings. The van der Waals surface area contributed by atoms with Crippen LogP contribution in [-0.2, 0) is 0 Å². The molecule has 0 saturated carbocycles. The molecule has 0 aliphatic carbocycles. The molecule has 1 heterocycles. The second-order valence-electron chi connectivity index (χ2n) is 3.51. The van der Waals surface area contributed by atoms with Crippen molar-refractivity contribution in [3.63, 3.8) is 0 Å². The van der Waals surface area contributed by atoms with Gasteiger partial charge in [-0.1, -0.05) is 18.2 Å². The maximum Gasteiger partial charge on any atom is 0.0602 e. The maximum atomic E-state index is 3.76. The van der Waals surface area contributed by atoms with Crippen molar-refractivity contribution in [1.82, 2.24) is 0 Å². The molecule has 2 nitrogen and oxygen atoms in total. The first-order valence-electron chi connectivity index (χ1n) is 5.10. The average Bonchev–Trinajstić information content (AvgIpc) is 2.26. The normalized spacial score (nSPS) is 14.4. The lowest BCUT2D eigenvalue weighted by atomic mass is 10.2. The summed E-state index contributed by atoms with van der Waals surface area (Å²) in [6.45, 7) is 6.95. The Morgan fingerprint density at radius 3 is 3.14 bits per heavy atom. The third-order valence-corrected chi connectivity index (χ3v) is 2.55. The summed E-state index contributed by atoms with van der Waals surface area (Å²) in [7, 11) is 0. The molecule has 0 bridgehead atoms. The van der Waals surface area contributed by atoms with Gasteiger partial charge < -0.3 is 10.2 Å². The van der Waals surface area contributed by atoms with Gasteiger partial charge in [-0.05, 0) is 18.6 Å². The van der Waals surface area contributed by atoms with Gasteiger partial charge in [-0.3, -0.25) is 0 Å². The number of hydrogen-bond acceptors (Lipinski definition) is 2. The third kappa shape index (κ3) is 1.74. The van der Waals surface area contributed by atoms with Crippen LogP contribution in [0.3, 0.4) is 0 Å². The smallest absolute Gasteiger partial charge is 0.0602 e. The quantitative estimate of drug-likeness (QED) is 0.733. The fourth-order valence-corrected chi connectivity index (χ4v) is 1.82. The standard InChI is InChI=1S/C12H16N2/c1-2-3-9-14-10-8-13-11-6-4-5-7-12(11)14/h2,4-7,13H,1,3,8-10H2. The van der Waals surface area contributed by atoms with Crippen LogP contribution < -0.4 is 10.2 Å². The van der Waals surface area contributed by atoms with E-state index in [1.165, 1.54) is 11.4 Å². The molecule has 0 fully saturated rings. The summed E-state index contributed by atoms with van der Waals surface area (Å²) in [6.07, 6.45) is 3.03. The molecule has 0 radical (unpaired) electrons. The van der Waals surface area contributed by atoms with Gasteiger partial charge in [0.15, 0.2) is 0 Å². The van der Waals surface area contributed by atoms with E-state index in [4.69, 9.17) is 0 Å². The predicted octanol–water partition coefficient (Wildman–Crippen LogP) is 2.49. The van der Waals surface area contributed by atoms with Crippen LogP contribution in [0.25, 0.3) is 0 Å². The van der Waals surface area contributed by atoms with Crippen molar-refractivity contribution >= 4 is 11.4 Å². The zero-order valence-electron chi connectivity index (χ0n) is 8.37. The van der Waals surface area contributed by atoms with Crippen molar-refractivity contribution in [3.05, 3.63) is 36.9 Å². The van der Waals surface area contributed by atoms with Gasteiger partial charge in [0.1, 0.15) is 0 Å². The first-order valence-corrected chi connectivity index (χ1v) is 5.10. The minimum atomic E-state index is 1.04. The van der Waals surface area contributed by atoms with E-state index in [2.05, 4.69) is 41.1 Å². The Kier molecular flexibility index (Phi) is 2.73. The monoisotopic (exact) mass is 188 g/mol. The molecule has 0 atom stereocenters. The fraction of sp³-hybridized carbons (Fsp3) is 0.333. The Morgan fingerprint density at radius 1 is 1.43 bits per heavy atom. The molecule has 0 spiro atoms. The second kappa shape index (κ2) is 4.18. The first kappa shape index (κ1) is 9.13. The number of fused-ring (bicyclic) bond motifs is 1. The molecule has 2 heteroatoms. The zero-order valence-corrected chi connectivity index (χ0v) is 8.37. The summed E-state index contributed by atoms with van der Waals surface area (Å²) in [5.74, 6) is 0. The van der Waals surface area contributed by atoms with Crippen LogP contribution in [0.4, 0.5) is 11.4 Å². The van der Waals surface area contributed by atoms with Crippen LogP contribution in [0.5, 0.6) is 0 Å². The molecule has 1 aliphatic rings. The highest BCUT2D eigenvalue weighted by atomic mass is 15.2. The summed E-state index contributed by atoms with van der Waals surface area (Å²) in [5.41, 5.74) is 2.57. The van der Waals surface area contributed by atoms with Crippen LogP contribution in [0, 0.1) is 0 Å². The van der Waals surface area contributed by atoms with Crippen molar-refractivity contribution in [3.8, 4) is 0 Å². The summed E-state index contributed by atoms with van der Waals surface area (Å²) in [4.78, 5) is 2.41. The number of nitrogens with one attached hydrogen (secondary N) is 1. The SMILES string of the molecule is C=CCCN1CCNc2ccccc21. The third-order valence-electron chi connectivity index (χ3n) is 2.55. The molecule has 2 rings (SSSR count). The number of para-hydroxylation sites is 2. The van der Waals surface area contributed by atoms with Crippen molar-refractivity contribution in [2.45, 2.75) is 6.42 Å². The Bertz CT molecular complexity index is 320. The van der Waals surface area contributed by atoms with Crippen molar-refractivity contribution in [2.24, 2.45) is 0 Å². The van der Waals surface area contributed by atoms with Gasteiger partial charge in [-0.25, -0.2) is 0 Å². The van der Waals surface area contributed by atoms with Gasteiger partial charge in [-0.2, -0.15) is 0 Å². The summed E-state index contributed by atoms with van der Waals surface area (Å²) < 4.78 is 0. The maximum absolute atomic E-state index is 3.76. The number of hydrogen-bond donors (Lipinski definition) is 1. The lowest BCUT2D eigenvalue weighted by molar-refractivity contribution is 0.783. The topological polar surface area (TPSA) is 15.3 Å². The molecule has 74 valence electrons. The molecule has 1 aromatic carbocycles. The summed E-state index contributed by atoms with van der Waals surface area (Å²) in [6, 6.07) is 8.47. The Morgan fingerprint density at radius 2 is 2.29 bits per heavy atom. The molecule has 1 N–H and O–H groups in total. The highest BCUT2D eigenvalue weighted by molar-refractivity contribution is 5.71. The van der Waals surface area contributed by atoms with Gasteiger partial charge >= 0.3 is 0 Å². The molecule has 0 aromatic heterocycles. The van der Waals surface area contributed by atoms with Crippen LogP contribution in [0.1, 0.15) is 6.42 Å². The summed E-state index contributed by atoms with van der Waals surface area (Å²) >= 11 is 0. The van der Waals surface area contributed by atoms with Gasteiger partial charge in [0.25, 0.3) is 0 Å². The molecule has 0 amide bonds. The van der Waals surface area contributed by atoms with Gasteiger partial charge in [-0.15, -0.1) is 6.58 Å². The van der Waals surface area contributed by atoms with E-state index in [0.717, 1.165) is 26.1 Å².